The number of halogens is 2. The second-order valence-electron chi connectivity index (χ2n) is 9.68. The number of carbonyl (C=O) groups excluding carboxylic acids is 2. The lowest BCUT2D eigenvalue weighted by Crippen LogP contribution is -2.29. The fraction of sp³-hybridized carbons (Fsp3) is 0.276. The molecule has 41 heavy (non-hydrogen) atoms. The van der Waals surface area contributed by atoms with E-state index in [-0.39, 0.29) is 31.0 Å². The fourth-order valence-corrected chi connectivity index (χ4v) is 4.98. The minimum atomic E-state index is -0.428. The Morgan fingerprint density at radius 2 is 1.98 bits per heavy atom. The van der Waals surface area contributed by atoms with Crippen molar-refractivity contribution in [3.63, 3.8) is 0 Å². The Balaban J connectivity index is 1.20. The van der Waals surface area contributed by atoms with Gasteiger partial charge in [0.05, 0.1) is 29.3 Å². The number of ether oxygens (including phenoxy) is 1. The first-order chi connectivity index (χ1) is 19.9. The summed E-state index contributed by atoms with van der Waals surface area (Å²) in [5.74, 6) is 1.07. The van der Waals surface area contributed by atoms with Crippen LogP contribution in [-0.2, 0) is 42.9 Å². The summed E-state index contributed by atoms with van der Waals surface area (Å²) in [6.07, 6.45) is 5.74. The van der Waals surface area contributed by atoms with Crippen molar-refractivity contribution in [2.45, 2.75) is 32.7 Å². The Bertz CT molecular complexity index is 1540. The zero-order chi connectivity index (χ0) is 28.9. The monoisotopic (exact) mass is 577 g/mol. The molecule has 212 valence electrons. The minimum absolute atomic E-state index is 0.0377. The van der Waals surface area contributed by atoms with E-state index in [1.165, 1.54) is 28.3 Å². The molecule has 0 unspecified atom stereocenters. The van der Waals surface area contributed by atoms with E-state index in [9.17, 15) is 14.0 Å². The highest BCUT2D eigenvalue weighted by atomic mass is 35.5. The van der Waals surface area contributed by atoms with Crippen molar-refractivity contribution in [2.75, 3.05) is 18.5 Å². The van der Waals surface area contributed by atoms with E-state index in [0.29, 0.717) is 29.7 Å². The van der Waals surface area contributed by atoms with E-state index in [2.05, 4.69) is 37.3 Å². The highest BCUT2D eigenvalue weighted by molar-refractivity contribution is 6.31. The zero-order valence-corrected chi connectivity index (χ0v) is 23.4. The van der Waals surface area contributed by atoms with Gasteiger partial charge in [-0.05, 0) is 29.3 Å². The maximum Gasteiger partial charge on any atom is 0.232 e. The Labute approximate surface area is 241 Å². The quantitative estimate of drug-likeness (QED) is 0.270. The largest absolute Gasteiger partial charge is 0.472 e. The van der Waals surface area contributed by atoms with Crippen molar-refractivity contribution in [3.05, 3.63) is 88.2 Å². The first-order valence-corrected chi connectivity index (χ1v) is 13.4. The topological polar surface area (TPSA) is 105 Å². The second-order valence-corrected chi connectivity index (χ2v) is 10.1. The van der Waals surface area contributed by atoms with Gasteiger partial charge in [0.15, 0.2) is 0 Å². The molecule has 2 aromatic carbocycles. The van der Waals surface area contributed by atoms with Crippen LogP contribution in [0.1, 0.15) is 28.8 Å². The molecule has 10 nitrogen and oxygen atoms in total. The average Bonchev–Trinajstić information content (AvgIpc) is 3.56. The third-order valence-electron chi connectivity index (χ3n) is 6.99. The molecule has 1 aliphatic heterocycles. The van der Waals surface area contributed by atoms with Gasteiger partial charge in [-0.3, -0.25) is 24.4 Å². The van der Waals surface area contributed by atoms with Gasteiger partial charge in [-0.25, -0.2) is 14.4 Å². The molecular weight excluding hydrogens is 549 g/mol. The predicted molar refractivity (Wildman–Crippen MR) is 151 cm³/mol. The van der Waals surface area contributed by atoms with Crippen molar-refractivity contribution in [1.29, 1.82) is 0 Å². The molecule has 0 bridgehead atoms. The van der Waals surface area contributed by atoms with E-state index in [4.69, 9.17) is 16.3 Å². The third-order valence-corrected chi connectivity index (χ3v) is 7.34. The molecule has 0 radical (unpaired) electrons. The molecule has 12 heteroatoms. The molecule has 0 fully saturated rings. The molecular formula is C29H29ClFN7O3. The highest BCUT2D eigenvalue weighted by Crippen LogP contribution is 2.30. The van der Waals surface area contributed by atoms with Crippen molar-refractivity contribution >= 4 is 29.7 Å². The fourth-order valence-electron chi connectivity index (χ4n) is 4.76. The van der Waals surface area contributed by atoms with E-state index < -0.39 is 5.82 Å². The first-order valence-electron chi connectivity index (χ1n) is 13.0. The van der Waals surface area contributed by atoms with Crippen LogP contribution in [0, 0.1) is 5.82 Å². The van der Waals surface area contributed by atoms with Crippen LogP contribution >= 0.6 is 11.6 Å². The molecule has 1 N–H and O–H groups in total. The van der Waals surface area contributed by atoms with Crippen LogP contribution in [0.4, 0.5) is 10.2 Å². The molecule has 0 saturated heterocycles. The van der Waals surface area contributed by atoms with Crippen LogP contribution in [0.2, 0.25) is 5.02 Å². The molecule has 5 rings (SSSR count). The number of aromatic nitrogens is 4. The molecule has 4 aromatic rings. The SMILES string of the molecule is CNC(=O)CCN(C=O)c1cnc(-c2ccc3c(c2)CN(Cc2cnc(OCc4c(F)cccc4Cl)cn2)C3)n1C. The summed E-state index contributed by atoms with van der Waals surface area (Å²) in [5.41, 5.74) is 4.41. The van der Waals surface area contributed by atoms with Crippen LogP contribution in [0.5, 0.6) is 5.88 Å². The smallest absolute Gasteiger partial charge is 0.232 e. The number of rotatable bonds is 11. The van der Waals surface area contributed by atoms with E-state index >= 15 is 0 Å². The summed E-state index contributed by atoms with van der Waals surface area (Å²) >= 11 is 6.06. The van der Waals surface area contributed by atoms with Gasteiger partial charge in [0, 0.05) is 57.8 Å². The second kappa shape index (κ2) is 12.4. The first kappa shape index (κ1) is 28.2. The Kier molecular flexibility index (Phi) is 8.55. The number of nitrogens with one attached hydrogen (secondary N) is 1. The van der Waals surface area contributed by atoms with E-state index in [1.807, 2.05) is 17.7 Å². The summed E-state index contributed by atoms with van der Waals surface area (Å²) < 4.78 is 21.4. The number of hydrogen-bond acceptors (Lipinski definition) is 7. The normalized spacial score (nSPS) is 12.7. The molecule has 1 aliphatic rings. The third kappa shape index (κ3) is 6.36. The van der Waals surface area contributed by atoms with Crippen LogP contribution in [0.15, 0.2) is 55.0 Å². The maximum absolute atomic E-state index is 14.0. The summed E-state index contributed by atoms with van der Waals surface area (Å²) in [6, 6.07) is 10.7. The summed E-state index contributed by atoms with van der Waals surface area (Å²) in [7, 11) is 3.42. The van der Waals surface area contributed by atoms with Gasteiger partial charge in [-0.15, -0.1) is 0 Å². The molecule has 0 atom stereocenters. The van der Waals surface area contributed by atoms with Gasteiger partial charge >= 0.3 is 0 Å². The van der Waals surface area contributed by atoms with Crippen LogP contribution in [0.25, 0.3) is 11.4 Å². The molecule has 0 spiro atoms. The van der Waals surface area contributed by atoms with Crippen molar-refractivity contribution < 1.29 is 18.7 Å². The molecule has 0 saturated carbocycles. The zero-order valence-electron chi connectivity index (χ0n) is 22.7. The lowest BCUT2D eigenvalue weighted by molar-refractivity contribution is -0.120. The van der Waals surface area contributed by atoms with Gasteiger partial charge < -0.3 is 14.6 Å². The predicted octanol–water partition coefficient (Wildman–Crippen LogP) is 3.86. The van der Waals surface area contributed by atoms with Crippen molar-refractivity contribution in [2.24, 2.45) is 7.05 Å². The maximum atomic E-state index is 14.0. The van der Waals surface area contributed by atoms with E-state index in [0.717, 1.165) is 30.2 Å². The number of hydrogen-bond donors (Lipinski definition) is 1. The summed E-state index contributed by atoms with van der Waals surface area (Å²) in [5, 5.41) is 2.87. The minimum Gasteiger partial charge on any atom is -0.472 e. The number of fused-ring (bicyclic) bond motifs is 1. The van der Waals surface area contributed by atoms with Gasteiger partial charge in [-0.2, -0.15) is 0 Å². The van der Waals surface area contributed by atoms with Gasteiger partial charge in [-0.1, -0.05) is 29.8 Å². The van der Waals surface area contributed by atoms with Crippen LogP contribution in [0.3, 0.4) is 0 Å². The number of anilines is 1. The molecule has 2 aromatic heterocycles. The van der Waals surface area contributed by atoms with Crippen LogP contribution < -0.4 is 15.0 Å². The Hall–Kier alpha value is -4.35. The van der Waals surface area contributed by atoms with Crippen molar-refractivity contribution in [3.8, 4) is 17.3 Å². The lowest BCUT2D eigenvalue weighted by atomic mass is 10.1. The average molecular weight is 578 g/mol. The number of carbonyl (C=O) groups is 2. The van der Waals surface area contributed by atoms with E-state index in [1.54, 1.807) is 31.6 Å². The van der Waals surface area contributed by atoms with Gasteiger partial charge in [0.1, 0.15) is 24.1 Å². The lowest BCUT2D eigenvalue weighted by Gasteiger charge is -2.17. The molecule has 2 amide bonds. The molecule has 0 aliphatic carbocycles. The summed E-state index contributed by atoms with van der Waals surface area (Å²) in [6.45, 7) is 2.33. The van der Waals surface area contributed by atoms with Crippen LogP contribution in [-0.4, -0.2) is 50.3 Å². The molecule has 3 heterocycles. The number of imidazole rings is 1. The Morgan fingerprint density at radius 1 is 1.15 bits per heavy atom. The number of benzene rings is 2. The number of nitrogens with zero attached hydrogens (tertiary/aromatic N) is 6. The Morgan fingerprint density at radius 3 is 2.71 bits per heavy atom. The number of amides is 2. The van der Waals surface area contributed by atoms with Gasteiger partial charge in [0.2, 0.25) is 18.2 Å². The summed E-state index contributed by atoms with van der Waals surface area (Å²) in [4.78, 5) is 40.4. The van der Waals surface area contributed by atoms with Gasteiger partial charge in [0.25, 0.3) is 0 Å². The van der Waals surface area contributed by atoms with Crippen molar-refractivity contribution in [1.82, 2.24) is 29.7 Å². The standard InChI is InChI=1S/C29H29ClFN7O3/c1-32-26(40)8-9-38(18-39)28-13-35-29(36(28)2)19-6-7-20-14-37(15-21(20)10-19)16-22-11-34-27(12-33-22)41-17-23-24(30)4-3-5-25(23)31/h3-7,10-13,18H,8-9,14-17H2,1-2H3,(H,32,40). The highest BCUT2D eigenvalue weighted by Gasteiger charge is 2.22.